The number of anilines is 3. The molecule has 1 fully saturated rings. The molecule has 1 aliphatic heterocycles. The summed E-state index contributed by atoms with van der Waals surface area (Å²) < 4.78 is 75.7. The predicted molar refractivity (Wildman–Crippen MR) is 150 cm³/mol. The van der Waals surface area contributed by atoms with Gasteiger partial charge in [0.2, 0.25) is 0 Å². The van der Waals surface area contributed by atoms with E-state index in [0.717, 1.165) is 44.1 Å². The second-order valence-electron chi connectivity index (χ2n) is 9.85. The Hall–Kier alpha value is -4.16. The lowest BCUT2D eigenvalue weighted by Crippen LogP contribution is -2.32. The molecule has 8 nitrogen and oxygen atoms in total. The molecule has 0 unspecified atom stereocenters. The maximum Gasteiger partial charge on any atom is 0.267 e. The molecule has 0 amide bonds. The summed E-state index contributed by atoms with van der Waals surface area (Å²) in [6.07, 6.45) is 3.39. The number of rotatable bonds is 9. The fraction of sp³-hybridized carbons (Fsp3) is 0.241. The third kappa shape index (κ3) is 6.95. The van der Waals surface area contributed by atoms with Gasteiger partial charge in [-0.3, -0.25) is 4.72 Å². The van der Waals surface area contributed by atoms with Gasteiger partial charge in [0.1, 0.15) is 23.8 Å². The molecule has 41 heavy (non-hydrogen) atoms. The van der Waals surface area contributed by atoms with Crippen LogP contribution in [0.3, 0.4) is 0 Å². The molecule has 3 aromatic carbocycles. The first-order chi connectivity index (χ1) is 19.7. The van der Waals surface area contributed by atoms with Crippen LogP contribution in [0.2, 0.25) is 0 Å². The van der Waals surface area contributed by atoms with Gasteiger partial charge in [-0.2, -0.15) is 0 Å². The minimum absolute atomic E-state index is 0.107. The summed E-state index contributed by atoms with van der Waals surface area (Å²) in [6, 6.07) is 15.2. The number of hydrogen-bond donors (Lipinski definition) is 2. The lowest BCUT2D eigenvalue weighted by atomic mass is 9.98. The largest absolute Gasteiger partial charge is 0.490 e. The van der Waals surface area contributed by atoms with E-state index in [9.17, 15) is 21.6 Å². The number of likely N-dealkylation sites (tertiary alicyclic amines) is 1. The summed E-state index contributed by atoms with van der Waals surface area (Å²) in [5.74, 6) is -1.83. The normalized spacial score (nSPS) is 14.5. The van der Waals surface area contributed by atoms with E-state index in [4.69, 9.17) is 4.74 Å². The number of piperidine rings is 1. The van der Waals surface area contributed by atoms with Crippen LogP contribution in [0.1, 0.15) is 12.8 Å². The zero-order chi connectivity index (χ0) is 29.0. The van der Waals surface area contributed by atoms with Crippen LogP contribution in [0.5, 0.6) is 5.75 Å². The molecule has 0 saturated carbocycles. The first-order valence-electron chi connectivity index (χ1n) is 13.0. The number of hydrogen-bond acceptors (Lipinski definition) is 7. The molecule has 0 spiro atoms. The molecule has 2 heterocycles. The number of sulfonamides is 1. The fourth-order valence-electron chi connectivity index (χ4n) is 4.51. The average Bonchev–Trinajstić information content (AvgIpc) is 2.94. The highest BCUT2D eigenvalue weighted by atomic mass is 32.2. The Morgan fingerprint density at radius 1 is 0.902 bits per heavy atom. The van der Waals surface area contributed by atoms with E-state index >= 15 is 0 Å². The van der Waals surface area contributed by atoms with Gasteiger partial charge in [-0.15, -0.1) is 0 Å². The highest BCUT2D eigenvalue weighted by Gasteiger charge is 2.24. The van der Waals surface area contributed by atoms with E-state index in [0.29, 0.717) is 35.3 Å². The number of ether oxygens (including phenoxy) is 1. The van der Waals surface area contributed by atoms with Crippen LogP contribution in [0.25, 0.3) is 11.3 Å². The molecule has 1 aliphatic rings. The molecule has 5 rings (SSSR count). The quantitative estimate of drug-likeness (QED) is 0.256. The third-order valence-corrected chi connectivity index (χ3v) is 8.24. The number of aromatic nitrogens is 2. The smallest absolute Gasteiger partial charge is 0.267 e. The van der Waals surface area contributed by atoms with Crippen molar-refractivity contribution < 1.29 is 26.3 Å². The van der Waals surface area contributed by atoms with E-state index in [1.807, 2.05) is 0 Å². The van der Waals surface area contributed by atoms with Crippen molar-refractivity contribution in [3.05, 3.63) is 90.5 Å². The zero-order valence-electron chi connectivity index (χ0n) is 22.1. The summed E-state index contributed by atoms with van der Waals surface area (Å²) in [5, 5.41) is 3.07. The van der Waals surface area contributed by atoms with Gasteiger partial charge in [-0.25, -0.2) is 31.6 Å². The van der Waals surface area contributed by atoms with Crippen molar-refractivity contribution in [1.82, 2.24) is 14.9 Å². The SMILES string of the molecule is CN1CCC(COc2ccc(-c3cc(Nc4ccc(NS(=O)(=O)c5c(F)cccc5F)cc4)ncn3)cc2F)CC1. The summed E-state index contributed by atoms with van der Waals surface area (Å²) >= 11 is 0. The molecule has 0 radical (unpaired) electrons. The van der Waals surface area contributed by atoms with Crippen LogP contribution in [0, 0.1) is 23.4 Å². The zero-order valence-corrected chi connectivity index (χ0v) is 23.0. The lowest BCUT2D eigenvalue weighted by molar-refractivity contribution is 0.157. The van der Waals surface area contributed by atoms with Crippen LogP contribution in [-0.4, -0.2) is 50.0 Å². The minimum atomic E-state index is -4.48. The van der Waals surface area contributed by atoms with Crippen molar-refractivity contribution in [2.45, 2.75) is 17.7 Å². The van der Waals surface area contributed by atoms with Gasteiger partial charge in [0.15, 0.2) is 16.5 Å². The van der Waals surface area contributed by atoms with Crippen molar-refractivity contribution in [2.24, 2.45) is 5.92 Å². The van der Waals surface area contributed by atoms with Gasteiger partial charge in [0, 0.05) is 23.0 Å². The molecular weight excluding hydrogens is 555 g/mol. The Kier molecular flexibility index (Phi) is 8.41. The van der Waals surface area contributed by atoms with Gasteiger partial charge in [0.05, 0.1) is 12.3 Å². The summed E-state index contributed by atoms with van der Waals surface area (Å²) in [4.78, 5) is 9.65. The van der Waals surface area contributed by atoms with E-state index in [-0.39, 0.29) is 11.4 Å². The number of nitrogens with zero attached hydrogens (tertiary/aromatic N) is 3. The van der Waals surface area contributed by atoms with E-state index in [1.54, 1.807) is 30.3 Å². The van der Waals surface area contributed by atoms with E-state index in [1.165, 1.54) is 24.5 Å². The Labute approximate surface area is 236 Å². The molecule has 4 aromatic rings. The maximum absolute atomic E-state index is 14.8. The van der Waals surface area contributed by atoms with Crippen LogP contribution in [-0.2, 0) is 10.0 Å². The van der Waals surface area contributed by atoms with E-state index < -0.39 is 32.4 Å². The topological polar surface area (TPSA) is 96.5 Å². The fourth-order valence-corrected chi connectivity index (χ4v) is 5.71. The molecule has 1 aromatic heterocycles. The predicted octanol–water partition coefficient (Wildman–Crippen LogP) is 5.83. The van der Waals surface area contributed by atoms with Crippen molar-refractivity contribution in [1.29, 1.82) is 0 Å². The van der Waals surface area contributed by atoms with Crippen molar-refractivity contribution in [3.63, 3.8) is 0 Å². The maximum atomic E-state index is 14.8. The highest BCUT2D eigenvalue weighted by molar-refractivity contribution is 7.92. The number of halogens is 3. The Bertz CT molecular complexity index is 1610. The average molecular weight is 584 g/mol. The Morgan fingerprint density at radius 2 is 1.59 bits per heavy atom. The second kappa shape index (κ2) is 12.1. The van der Waals surface area contributed by atoms with Crippen LogP contribution in [0.15, 0.2) is 78.0 Å². The molecular formula is C29H28F3N5O3S. The first kappa shape index (κ1) is 28.4. The molecule has 12 heteroatoms. The van der Waals surface area contributed by atoms with Crippen molar-refractivity contribution in [2.75, 3.05) is 36.8 Å². The van der Waals surface area contributed by atoms with Gasteiger partial charge in [0.25, 0.3) is 10.0 Å². The Morgan fingerprint density at radius 3 is 2.27 bits per heavy atom. The van der Waals surface area contributed by atoms with Crippen LogP contribution in [0.4, 0.5) is 30.4 Å². The summed E-state index contributed by atoms with van der Waals surface area (Å²) in [6.45, 7) is 2.50. The standard InChI is InChI=1S/C29H28F3N5O3S/c1-37-13-11-19(12-14-37)17-40-27-10-5-20(15-25(27)32)26-16-28(34-18-33-26)35-21-6-8-22(9-7-21)36-41(38,39)29-23(30)3-2-4-24(29)31/h2-10,15-16,18-19,36H,11-14,17H2,1H3,(H,33,34,35). The molecule has 0 aliphatic carbocycles. The van der Waals surface area contributed by atoms with Gasteiger partial charge >= 0.3 is 0 Å². The third-order valence-electron chi connectivity index (χ3n) is 6.80. The summed E-state index contributed by atoms with van der Waals surface area (Å²) in [5.41, 5.74) is 1.69. The van der Waals surface area contributed by atoms with Crippen LogP contribution < -0.4 is 14.8 Å². The highest BCUT2D eigenvalue weighted by Crippen LogP contribution is 2.28. The second-order valence-corrected chi connectivity index (χ2v) is 11.5. The summed E-state index contributed by atoms with van der Waals surface area (Å²) in [7, 11) is -2.39. The van der Waals surface area contributed by atoms with Gasteiger partial charge in [-0.1, -0.05) is 6.07 Å². The molecule has 1 saturated heterocycles. The van der Waals surface area contributed by atoms with Gasteiger partial charge < -0.3 is 15.0 Å². The molecule has 214 valence electrons. The van der Waals surface area contributed by atoms with E-state index in [2.05, 4.69) is 32.0 Å². The van der Waals surface area contributed by atoms with Crippen molar-refractivity contribution in [3.8, 4) is 17.0 Å². The minimum Gasteiger partial charge on any atom is -0.490 e. The molecule has 0 bridgehead atoms. The Balaban J connectivity index is 1.23. The lowest BCUT2D eigenvalue weighted by Gasteiger charge is -2.28. The monoisotopic (exact) mass is 583 g/mol. The molecule has 0 atom stereocenters. The number of benzene rings is 3. The molecule has 2 N–H and O–H groups in total. The number of nitrogens with one attached hydrogen (secondary N) is 2. The van der Waals surface area contributed by atoms with Crippen molar-refractivity contribution >= 4 is 27.2 Å². The first-order valence-corrected chi connectivity index (χ1v) is 14.4. The van der Waals surface area contributed by atoms with Gasteiger partial charge in [-0.05, 0) is 93.5 Å². The van der Waals surface area contributed by atoms with Crippen LogP contribution >= 0.6 is 0 Å².